The van der Waals surface area contributed by atoms with E-state index in [-0.39, 0.29) is 5.54 Å². The van der Waals surface area contributed by atoms with Crippen molar-refractivity contribution >= 4 is 22.6 Å². The van der Waals surface area contributed by atoms with Crippen LogP contribution >= 0.6 is 0 Å². The molecule has 1 heteroatoms. The first-order valence-electron chi connectivity index (χ1n) is 8.72. The van der Waals surface area contributed by atoms with E-state index < -0.39 is 0 Å². The fraction of sp³-hybridized carbons (Fsp3) is 0.348. The second-order valence-corrected chi connectivity index (χ2v) is 7.86. The van der Waals surface area contributed by atoms with Gasteiger partial charge in [0.1, 0.15) is 0 Å². The lowest BCUT2D eigenvalue weighted by molar-refractivity contribution is 0.587. The lowest BCUT2D eigenvalue weighted by Crippen LogP contribution is -2.10. The molecule has 2 aromatic carbocycles. The molecule has 0 atom stereocenters. The number of benzene rings is 2. The normalized spacial score (nSPS) is 16.1. The highest BCUT2D eigenvalue weighted by Gasteiger charge is 2.20. The molecular weight excluding hydrogens is 290 g/mol. The van der Waals surface area contributed by atoms with Crippen LogP contribution in [0.25, 0.3) is 16.3 Å². The second kappa shape index (κ2) is 6.05. The predicted octanol–water partition coefficient (Wildman–Crippen LogP) is 6.57. The number of fused-ring (bicyclic) bond motifs is 1. The van der Waals surface area contributed by atoms with Gasteiger partial charge in [-0.3, -0.25) is 4.99 Å². The Morgan fingerprint density at radius 3 is 2.25 bits per heavy atom. The van der Waals surface area contributed by atoms with Crippen molar-refractivity contribution in [1.29, 1.82) is 0 Å². The highest BCUT2D eigenvalue weighted by molar-refractivity contribution is 6.05. The summed E-state index contributed by atoms with van der Waals surface area (Å²) in [5.74, 6) is 0. The lowest BCUT2D eigenvalue weighted by Gasteiger charge is -2.15. The molecule has 0 bridgehead atoms. The first-order valence-corrected chi connectivity index (χ1v) is 8.72. The number of hydrogen-bond donors (Lipinski definition) is 0. The largest absolute Gasteiger partial charge is 0.287 e. The number of rotatable bonds is 2. The van der Waals surface area contributed by atoms with Crippen molar-refractivity contribution in [3.8, 4) is 0 Å². The Morgan fingerprint density at radius 1 is 0.917 bits per heavy atom. The maximum atomic E-state index is 4.81. The van der Waals surface area contributed by atoms with Gasteiger partial charge in [-0.25, -0.2) is 0 Å². The van der Waals surface area contributed by atoms with E-state index in [0.29, 0.717) is 0 Å². The Balaban J connectivity index is 2.24. The first-order chi connectivity index (χ1) is 11.3. The van der Waals surface area contributed by atoms with Gasteiger partial charge < -0.3 is 0 Å². The standard InChI is InChI=1S/C23H27N/c1-15-13-21(17(3)16(15)2)20-12-11-18-9-7-8-10-19(18)22(20)14-24-23(4,5)6/h7-12,14H,13H2,1-6H3. The Morgan fingerprint density at radius 2 is 1.62 bits per heavy atom. The summed E-state index contributed by atoms with van der Waals surface area (Å²) in [5.41, 5.74) is 8.30. The minimum atomic E-state index is -0.0720. The molecule has 0 saturated heterocycles. The van der Waals surface area contributed by atoms with Crippen LogP contribution in [0.3, 0.4) is 0 Å². The fourth-order valence-electron chi connectivity index (χ4n) is 3.33. The highest BCUT2D eigenvalue weighted by Crippen LogP contribution is 2.40. The molecule has 0 spiro atoms. The van der Waals surface area contributed by atoms with E-state index in [4.69, 9.17) is 4.99 Å². The van der Waals surface area contributed by atoms with Gasteiger partial charge in [-0.1, -0.05) is 42.0 Å². The molecular formula is C23H27N. The number of allylic oxidation sites excluding steroid dienone is 4. The highest BCUT2D eigenvalue weighted by atomic mass is 14.8. The van der Waals surface area contributed by atoms with Crippen LogP contribution in [0.1, 0.15) is 59.1 Å². The van der Waals surface area contributed by atoms with Crippen molar-refractivity contribution in [3.63, 3.8) is 0 Å². The van der Waals surface area contributed by atoms with Gasteiger partial charge in [-0.2, -0.15) is 0 Å². The molecule has 0 fully saturated rings. The molecule has 1 nitrogen and oxygen atoms in total. The summed E-state index contributed by atoms with van der Waals surface area (Å²) >= 11 is 0. The molecule has 0 aromatic heterocycles. The van der Waals surface area contributed by atoms with Gasteiger partial charge in [0.15, 0.2) is 0 Å². The van der Waals surface area contributed by atoms with Gasteiger partial charge >= 0.3 is 0 Å². The Bertz CT molecular complexity index is 886. The average molecular weight is 317 g/mol. The summed E-state index contributed by atoms with van der Waals surface area (Å²) in [4.78, 5) is 4.81. The topological polar surface area (TPSA) is 12.4 Å². The Labute approximate surface area is 145 Å². The summed E-state index contributed by atoms with van der Waals surface area (Å²) in [6.45, 7) is 13.2. The van der Waals surface area contributed by atoms with Crippen LogP contribution in [-0.2, 0) is 0 Å². The smallest absolute Gasteiger partial charge is 0.0524 e. The van der Waals surface area contributed by atoms with Gasteiger partial charge in [-0.05, 0) is 81.0 Å². The zero-order valence-electron chi connectivity index (χ0n) is 15.7. The Hall–Kier alpha value is -2.15. The molecule has 124 valence electrons. The molecule has 1 aliphatic rings. The van der Waals surface area contributed by atoms with Crippen LogP contribution in [-0.4, -0.2) is 11.8 Å². The predicted molar refractivity (Wildman–Crippen MR) is 107 cm³/mol. The summed E-state index contributed by atoms with van der Waals surface area (Å²) < 4.78 is 0. The van der Waals surface area contributed by atoms with E-state index in [9.17, 15) is 0 Å². The molecule has 0 saturated carbocycles. The first kappa shape index (κ1) is 16.7. The van der Waals surface area contributed by atoms with Crippen LogP contribution in [0, 0.1) is 0 Å². The van der Waals surface area contributed by atoms with Crippen molar-refractivity contribution in [1.82, 2.24) is 0 Å². The van der Waals surface area contributed by atoms with Gasteiger partial charge in [0.2, 0.25) is 0 Å². The van der Waals surface area contributed by atoms with Gasteiger partial charge in [-0.15, -0.1) is 0 Å². The Kier molecular flexibility index (Phi) is 4.21. The molecule has 0 amide bonds. The molecule has 0 radical (unpaired) electrons. The number of aliphatic imine (C=N–C) groups is 1. The van der Waals surface area contributed by atoms with Gasteiger partial charge in [0.05, 0.1) is 5.54 Å². The van der Waals surface area contributed by atoms with E-state index in [2.05, 4.69) is 84.2 Å². The van der Waals surface area contributed by atoms with E-state index >= 15 is 0 Å². The molecule has 3 rings (SSSR count). The van der Waals surface area contributed by atoms with Crippen molar-refractivity contribution in [2.45, 2.75) is 53.5 Å². The van der Waals surface area contributed by atoms with Crippen LogP contribution < -0.4 is 0 Å². The maximum absolute atomic E-state index is 4.81. The van der Waals surface area contributed by atoms with Gasteiger partial charge in [0, 0.05) is 11.8 Å². The van der Waals surface area contributed by atoms with E-state index in [1.165, 1.54) is 44.2 Å². The SMILES string of the molecule is CC1=C(C)C(C)=C(c2ccc3ccccc3c2C=NC(C)(C)C)C1. The average Bonchev–Trinajstić information content (AvgIpc) is 2.79. The van der Waals surface area contributed by atoms with Crippen LogP contribution in [0.5, 0.6) is 0 Å². The lowest BCUT2D eigenvalue weighted by atomic mass is 9.91. The van der Waals surface area contributed by atoms with Gasteiger partial charge in [0.25, 0.3) is 0 Å². The fourth-order valence-corrected chi connectivity index (χ4v) is 3.33. The minimum absolute atomic E-state index is 0.0720. The van der Waals surface area contributed by atoms with E-state index in [1.54, 1.807) is 0 Å². The number of nitrogens with zero attached hydrogens (tertiary/aromatic N) is 1. The third-order valence-electron chi connectivity index (χ3n) is 4.97. The van der Waals surface area contributed by atoms with E-state index in [0.717, 1.165) is 6.42 Å². The monoisotopic (exact) mass is 317 g/mol. The van der Waals surface area contributed by atoms with Crippen molar-refractivity contribution in [2.75, 3.05) is 0 Å². The van der Waals surface area contributed by atoms with Crippen LogP contribution in [0.2, 0.25) is 0 Å². The quantitative estimate of drug-likeness (QED) is 0.555. The van der Waals surface area contributed by atoms with Crippen molar-refractivity contribution in [3.05, 3.63) is 64.2 Å². The molecule has 2 aromatic rings. The summed E-state index contributed by atoms with van der Waals surface area (Å²) in [6, 6.07) is 13.1. The molecule has 0 unspecified atom stereocenters. The van der Waals surface area contributed by atoms with Crippen molar-refractivity contribution < 1.29 is 0 Å². The summed E-state index contributed by atoms with van der Waals surface area (Å²) in [6.07, 6.45) is 3.13. The second-order valence-electron chi connectivity index (χ2n) is 7.86. The van der Waals surface area contributed by atoms with Crippen LogP contribution in [0.4, 0.5) is 0 Å². The molecule has 0 aliphatic heterocycles. The molecule has 1 aliphatic carbocycles. The van der Waals surface area contributed by atoms with Crippen LogP contribution in [0.15, 0.2) is 58.1 Å². The third-order valence-corrected chi connectivity index (χ3v) is 4.97. The maximum Gasteiger partial charge on any atom is 0.0524 e. The zero-order valence-corrected chi connectivity index (χ0v) is 15.7. The molecule has 0 heterocycles. The summed E-state index contributed by atoms with van der Waals surface area (Å²) in [7, 11) is 0. The van der Waals surface area contributed by atoms with E-state index in [1.807, 2.05) is 0 Å². The molecule has 0 N–H and O–H groups in total. The van der Waals surface area contributed by atoms with Crippen molar-refractivity contribution in [2.24, 2.45) is 4.99 Å². The number of hydrogen-bond acceptors (Lipinski definition) is 1. The summed E-state index contributed by atoms with van der Waals surface area (Å²) in [5, 5.41) is 2.56. The zero-order chi connectivity index (χ0) is 17.5. The molecule has 24 heavy (non-hydrogen) atoms. The third kappa shape index (κ3) is 3.08. The minimum Gasteiger partial charge on any atom is -0.287 e.